The second-order valence-electron chi connectivity index (χ2n) is 3.91. The fourth-order valence-corrected chi connectivity index (χ4v) is 2.87. The molecule has 1 unspecified atom stereocenters. The minimum atomic E-state index is -3.74. The lowest BCUT2D eigenvalue weighted by atomic mass is 10.3. The maximum atomic E-state index is 13.0. The molecular weight excluding hydrogens is 275 g/mol. The fourth-order valence-electron chi connectivity index (χ4n) is 1.33. The number of hydrogen-bond acceptors (Lipinski definition) is 4. The highest BCUT2D eigenvalue weighted by atomic mass is 32.2. The van der Waals surface area contributed by atoms with E-state index in [9.17, 15) is 12.8 Å². The van der Waals surface area contributed by atoms with Crippen LogP contribution < -0.4 is 10.5 Å². The molecule has 0 aliphatic rings. The summed E-state index contributed by atoms with van der Waals surface area (Å²) >= 11 is 1.66. The summed E-state index contributed by atoms with van der Waals surface area (Å²) in [6.45, 7) is 2.32. The SMILES string of the molecule is CSC(C)CCNS(=O)(=O)c1cc(F)ccc1N. The van der Waals surface area contributed by atoms with Crippen LogP contribution in [-0.4, -0.2) is 26.5 Å². The van der Waals surface area contributed by atoms with E-state index in [1.807, 2.05) is 13.2 Å². The molecule has 0 spiro atoms. The summed E-state index contributed by atoms with van der Waals surface area (Å²) < 4.78 is 39.3. The normalized spacial score (nSPS) is 13.5. The zero-order valence-electron chi connectivity index (χ0n) is 10.3. The van der Waals surface area contributed by atoms with Gasteiger partial charge in [-0.25, -0.2) is 17.5 Å². The monoisotopic (exact) mass is 292 g/mol. The Hall–Kier alpha value is -0.790. The first-order valence-corrected chi connectivity index (χ1v) is 8.21. The van der Waals surface area contributed by atoms with E-state index in [1.165, 1.54) is 6.07 Å². The largest absolute Gasteiger partial charge is 0.398 e. The van der Waals surface area contributed by atoms with E-state index in [2.05, 4.69) is 4.72 Å². The molecule has 0 aromatic heterocycles. The van der Waals surface area contributed by atoms with Crippen molar-refractivity contribution in [1.82, 2.24) is 4.72 Å². The lowest BCUT2D eigenvalue weighted by molar-refractivity contribution is 0.576. The average Bonchev–Trinajstić information content (AvgIpc) is 2.31. The number of anilines is 1. The van der Waals surface area contributed by atoms with Crippen molar-refractivity contribution < 1.29 is 12.8 Å². The van der Waals surface area contributed by atoms with Crippen LogP contribution >= 0.6 is 11.8 Å². The van der Waals surface area contributed by atoms with Gasteiger partial charge in [0.2, 0.25) is 10.0 Å². The number of nitrogens with one attached hydrogen (secondary N) is 1. The molecule has 0 radical (unpaired) electrons. The minimum Gasteiger partial charge on any atom is -0.398 e. The predicted octanol–water partition coefficient (Wildman–Crippen LogP) is 1.83. The molecule has 18 heavy (non-hydrogen) atoms. The van der Waals surface area contributed by atoms with Crippen molar-refractivity contribution in [3.8, 4) is 0 Å². The number of nitrogen functional groups attached to an aromatic ring is 1. The molecule has 7 heteroatoms. The van der Waals surface area contributed by atoms with Gasteiger partial charge in [-0.2, -0.15) is 11.8 Å². The number of nitrogens with two attached hydrogens (primary N) is 1. The Labute approximate surface area is 111 Å². The minimum absolute atomic E-state index is 0.0433. The zero-order valence-corrected chi connectivity index (χ0v) is 11.9. The van der Waals surface area contributed by atoms with Gasteiger partial charge in [0, 0.05) is 11.8 Å². The van der Waals surface area contributed by atoms with Crippen LogP contribution in [0.25, 0.3) is 0 Å². The van der Waals surface area contributed by atoms with Crippen LogP contribution in [-0.2, 0) is 10.0 Å². The Balaban J connectivity index is 2.77. The number of sulfonamides is 1. The van der Waals surface area contributed by atoms with Crippen LogP contribution in [0.4, 0.5) is 10.1 Å². The molecule has 0 amide bonds. The van der Waals surface area contributed by atoms with Gasteiger partial charge >= 0.3 is 0 Å². The molecule has 3 N–H and O–H groups in total. The van der Waals surface area contributed by atoms with Crippen LogP contribution in [0, 0.1) is 5.82 Å². The number of rotatable bonds is 6. The standard InChI is InChI=1S/C11H17FN2O2S2/c1-8(17-2)5-6-14-18(15,16)11-7-9(12)3-4-10(11)13/h3-4,7-8,14H,5-6,13H2,1-2H3. The Morgan fingerprint density at radius 1 is 1.50 bits per heavy atom. The quantitative estimate of drug-likeness (QED) is 0.785. The van der Waals surface area contributed by atoms with Gasteiger partial charge < -0.3 is 5.73 Å². The van der Waals surface area contributed by atoms with Gasteiger partial charge in [-0.1, -0.05) is 6.92 Å². The second kappa shape index (κ2) is 6.40. The summed E-state index contributed by atoms with van der Waals surface area (Å²) in [7, 11) is -3.74. The molecular formula is C11H17FN2O2S2. The summed E-state index contributed by atoms with van der Waals surface area (Å²) in [5, 5.41) is 0.359. The molecule has 1 atom stereocenters. The van der Waals surface area contributed by atoms with E-state index < -0.39 is 15.8 Å². The van der Waals surface area contributed by atoms with Crippen LogP contribution in [0.2, 0.25) is 0 Å². The van der Waals surface area contributed by atoms with Crippen molar-refractivity contribution in [2.24, 2.45) is 0 Å². The van der Waals surface area contributed by atoms with E-state index in [0.29, 0.717) is 18.2 Å². The number of halogens is 1. The first-order chi connectivity index (χ1) is 8.36. The third-order valence-electron chi connectivity index (χ3n) is 2.51. The van der Waals surface area contributed by atoms with Crippen molar-refractivity contribution in [2.45, 2.75) is 23.5 Å². The fraction of sp³-hybridized carbons (Fsp3) is 0.455. The first kappa shape index (κ1) is 15.3. The smallest absolute Gasteiger partial charge is 0.242 e. The topological polar surface area (TPSA) is 72.2 Å². The molecule has 0 aliphatic carbocycles. The molecule has 0 saturated heterocycles. The van der Waals surface area contributed by atoms with E-state index >= 15 is 0 Å². The highest BCUT2D eigenvalue weighted by Crippen LogP contribution is 2.19. The van der Waals surface area contributed by atoms with Crippen molar-refractivity contribution in [2.75, 3.05) is 18.5 Å². The Morgan fingerprint density at radius 3 is 2.78 bits per heavy atom. The van der Waals surface area contributed by atoms with Crippen LogP contribution in [0.1, 0.15) is 13.3 Å². The van der Waals surface area contributed by atoms with Gasteiger partial charge in [-0.05, 0) is 30.9 Å². The van der Waals surface area contributed by atoms with E-state index in [0.717, 1.165) is 12.1 Å². The summed E-state index contributed by atoms with van der Waals surface area (Å²) in [5.41, 5.74) is 5.59. The number of thioether (sulfide) groups is 1. The molecule has 0 heterocycles. The van der Waals surface area contributed by atoms with E-state index in [4.69, 9.17) is 5.73 Å². The third-order valence-corrected chi connectivity index (χ3v) is 5.07. The molecule has 1 aromatic carbocycles. The van der Waals surface area contributed by atoms with Gasteiger partial charge in [0.15, 0.2) is 0 Å². The molecule has 1 rings (SSSR count). The predicted molar refractivity (Wildman–Crippen MR) is 73.6 cm³/mol. The number of hydrogen-bond donors (Lipinski definition) is 2. The molecule has 102 valence electrons. The van der Waals surface area contributed by atoms with Crippen molar-refractivity contribution in [1.29, 1.82) is 0 Å². The third kappa shape index (κ3) is 4.15. The summed E-state index contributed by atoms with van der Waals surface area (Å²) in [6, 6.07) is 3.30. The summed E-state index contributed by atoms with van der Waals surface area (Å²) in [4.78, 5) is -0.209. The lowest BCUT2D eigenvalue weighted by Crippen LogP contribution is -2.27. The molecule has 0 fully saturated rings. The molecule has 4 nitrogen and oxygen atoms in total. The Bertz CT molecular complexity index is 506. The maximum Gasteiger partial charge on any atom is 0.242 e. The Morgan fingerprint density at radius 2 is 2.17 bits per heavy atom. The van der Waals surface area contributed by atoms with Gasteiger partial charge in [-0.15, -0.1) is 0 Å². The molecule has 0 aliphatic heterocycles. The Kier molecular flexibility index (Phi) is 5.43. The summed E-state index contributed by atoms with van der Waals surface area (Å²) in [6.07, 6.45) is 2.67. The van der Waals surface area contributed by atoms with Gasteiger partial charge in [0.25, 0.3) is 0 Å². The second-order valence-corrected chi connectivity index (χ2v) is 6.93. The van der Waals surface area contributed by atoms with Crippen molar-refractivity contribution >= 4 is 27.5 Å². The number of benzene rings is 1. The van der Waals surface area contributed by atoms with Crippen LogP contribution in [0.3, 0.4) is 0 Å². The summed E-state index contributed by atoms with van der Waals surface area (Å²) in [5.74, 6) is -0.623. The lowest BCUT2D eigenvalue weighted by Gasteiger charge is -2.11. The van der Waals surface area contributed by atoms with Crippen molar-refractivity contribution in [3.05, 3.63) is 24.0 Å². The molecule has 0 saturated carbocycles. The first-order valence-electron chi connectivity index (χ1n) is 5.44. The zero-order chi connectivity index (χ0) is 13.8. The maximum absolute atomic E-state index is 13.0. The van der Waals surface area contributed by atoms with E-state index in [-0.39, 0.29) is 10.6 Å². The van der Waals surface area contributed by atoms with Gasteiger partial charge in [-0.3, -0.25) is 0 Å². The van der Waals surface area contributed by atoms with E-state index in [1.54, 1.807) is 11.8 Å². The van der Waals surface area contributed by atoms with Crippen molar-refractivity contribution in [3.63, 3.8) is 0 Å². The van der Waals surface area contributed by atoms with Gasteiger partial charge in [0.05, 0.1) is 5.69 Å². The van der Waals surface area contributed by atoms with Crippen LogP contribution in [0.5, 0.6) is 0 Å². The molecule has 1 aromatic rings. The highest BCUT2D eigenvalue weighted by Gasteiger charge is 2.18. The molecule has 0 bridgehead atoms. The van der Waals surface area contributed by atoms with Crippen LogP contribution in [0.15, 0.2) is 23.1 Å². The van der Waals surface area contributed by atoms with Gasteiger partial charge in [0.1, 0.15) is 10.7 Å². The average molecular weight is 292 g/mol. The highest BCUT2D eigenvalue weighted by molar-refractivity contribution is 7.99.